The molecule has 0 aliphatic carbocycles. The summed E-state index contributed by atoms with van der Waals surface area (Å²) in [7, 11) is 0. The maximum atomic E-state index is 12.3. The molecule has 0 unspecified atom stereocenters. The molecule has 1 aliphatic rings. The number of hydrogen-bond donors (Lipinski definition) is 2. The molecular formula is C14H18ClN3O3. The summed E-state index contributed by atoms with van der Waals surface area (Å²) in [6, 6.07) is 4.87. The zero-order valence-electron chi connectivity index (χ0n) is 11.6. The molecule has 7 heteroatoms. The number of halogens is 1. The van der Waals surface area contributed by atoms with Crippen LogP contribution in [0.25, 0.3) is 0 Å². The number of piperazine rings is 1. The first-order chi connectivity index (χ1) is 9.97. The number of carbonyl (C=O) groups is 2. The number of nitrogens with two attached hydrogens (primary N) is 1. The van der Waals surface area contributed by atoms with E-state index in [9.17, 15) is 9.59 Å². The second kappa shape index (κ2) is 6.78. The lowest BCUT2D eigenvalue weighted by Crippen LogP contribution is -2.49. The van der Waals surface area contributed by atoms with Crippen molar-refractivity contribution in [3.05, 3.63) is 28.8 Å². The van der Waals surface area contributed by atoms with Crippen molar-refractivity contribution >= 4 is 29.2 Å². The Balaban J connectivity index is 1.90. The second-order valence-corrected chi connectivity index (χ2v) is 5.42. The zero-order chi connectivity index (χ0) is 15.4. The molecule has 6 nitrogen and oxygen atoms in total. The molecule has 0 saturated carbocycles. The summed E-state index contributed by atoms with van der Waals surface area (Å²) in [6.07, 6.45) is 0.127. The summed E-state index contributed by atoms with van der Waals surface area (Å²) in [5, 5.41) is 9.04. The molecule has 114 valence electrons. The van der Waals surface area contributed by atoms with E-state index in [2.05, 4.69) is 0 Å². The number of aliphatic carboxylic acids is 1. The third-order valence-corrected chi connectivity index (χ3v) is 3.88. The highest BCUT2D eigenvalue weighted by Gasteiger charge is 2.22. The van der Waals surface area contributed by atoms with Crippen molar-refractivity contribution in [1.82, 2.24) is 9.80 Å². The first-order valence-corrected chi connectivity index (χ1v) is 7.13. The van der Waals surface area contributed by atoms with Crippen LogP contribution in [0.4, 0.5) is 5.69 Å². The Morgan fingerprint density at radius 1 is 1.24 bits per heavy atom. The fourth-order valence-corrected chi connectivity index (χ4v) is 2.45. The largest absolute Gasteiger partial charge is 0.481 e. The van der Waals surface area contributed by atoms with E-state index in [4.69, 9.17) is 22.4 Å². The van der Waals surface area contributed by atoms with Crippen LogP contribution in [0.5, 0.6) is 0 Å². The number of amides is 1. The van der Waals surface area contributed by atoms with Gasteiger partial charge in [0.1, 0.15) is 0 Å². The molecule has 1 aliphatic heterocycles. The molecule has 0 bridgehead atoms. The number of carbonyl (C=O) groups excluding carboxylic acids is 1. The Morgan fingerprint density at radius 3 is 2.48 bits per heavy atom. The topological polar surface area (TPSA) is 86.9 Å². The van der Waals surface area contributed by atoms with Crippen LogP contribution in [0, 0.1) is 0 Å². The van der Waals surface area contributed by atoms with E-state index in [1.807, 2.05) is 4.90 Å². The third-order valence-electron chi connectivity index (χ3n) is 3.55. The highest BCUT2D eigenvalue weighted by atomic mass is 35.5. The Morgan fingerprint density at radius 2 is 1.90 bits per heavy atom. The number of hydrogen-bond acceptors (Lipinski definition) is 4. The van der Waals surface area contributed by atoms with E-state index in [-0.39, 0.29) is 12.3 Å². The molecule has 3 N–H and O–H groups in total. The van der Waals surface area contributed by atoms with Gasteiger partial charge >= 0.3 is 5.97 Å². The Bertz CT molecular complexity index is 542. The number of anilines is 1. The molecule has 0 radical (unpaired) electrons. The maximum absolute atomic E-state index is 12.3. The SMILES string of the molecule is Nc1ccc(C(=O)N2CCN(CCC(=O)O)CC2)cc1Cl. The number of benzene rings is 1. The Labute approximate surface area is 128 Å². The number of nitrogen functional groups attached to an aromatic ring is 1. The van der Waals surface area contributed by atoms with Crippen LogP contribution in [0.3, 0.4) is 0 Å². The molecule has 0 spiro atoms. The first kappa shape index (κ1) is 15.6. The van der Waals surface area contributed by atoms with Crippen LogP contribution in [0.15, 0.2) is 18.2 Å². The van der Waals surface area contributed by atoms with Crippen LogP contribution in [0.1, 0.15) is 16.8 Å². The van der Waals surface area contributed by atoms with Crippen molar-refractivity contribution in [3.63, 3.8) is 0 Å². The van der Waals surface area contributed by atoms with Crippen LogP contribution in [-0.4, -0.2) is 59.5 Å². The molecule has 1 amide bonds. The zero-order valence-corrected chi connectivity index (χ0v) is 12.3. The summed E-state index contributed by atoms with van der Waals surface area (Å²) in [6.45, 7) is 3.05. The maximum Gasteiger partial charge on any atom is 0.304 e. The van der Waals surface area contributed by atoms with Gasteiger partial charge in [0.15, 0.2) is 0 Å². The van der Waals surface area contributed by atoms with E-state index in [0.717, 1.165) is 0 Å². The lowest BCUT2D eigenvalue weighted by Gasteiger charge is -2.34. The van der Waals surface area contributed by atoms with Crippen LogP contribution in [-0.2, 0) is 4.79 Å². The average molecular weight is 312 g/mol. The molecule has 1 aromatic carbocycles. The van der Waals surface area contributed by atoms with Crippen LogP contribution < -0.4 is 5.73 Å². The molecule has 0 atom stereocenters. The van der Waals surface area contributed by atoms with Gasteiger partial charge < -0.3 is 15.7 Å². The fraction of sp³-hybridized carbons (Fsp3) is 0.429. The van der Waals surface area contributed by atoms with Crippen molar-refractivity contribution in [1.29, 1.82) is 0 Å². The molecule has 1 fully saturated rings. The van der Waals surface area contributed by atoms with Crippen molar-refractivity contribution < 1.29 is 14.7 Å². The van der Waals surface area contributed by atoms with Gasteiger partial charge in [0.25, 0.3) is 5.91 Å². The first-order valence-electron chi connectivity index (χ1n) is 6.76. The summed E-state index contributed by atoms with van der Waals surface area (Å²) in [4.78, 5) is 26.7. The lowest BCUT2D eigenvalue weighted by molar-refractivity contribution is -0.137. The highest BCUT2D eigenvalue weighted by Crippen LogP contribution is 2.21. The van der Waals surface area contributed by atoms with Gasteiger partial charge in [-0.15, -0.1) is 0 Å². The monoisotopic (exact) mass is 311 g/mol. The van der Waals surface area contributed by atoms with Gasteiger partial charge in [-0.2, -0.15) is 0 Å². The van der Waals surface area contributed by atoms with Crippen molar-refractivity contribution in [2.45, 2.75) is 6.42 Å². The summed E-state index contributed by atoms with van der Waals surface area (Å²) < 4.78 is 0. The minimum Gasteiger partial charge on any atom is -0.481 e. The van der Waals surface area contributed by atoms with E-state index < -0.39 is 5.97 Å². The van der Waals surface area contributed by atoms with Crippen molar-refractivity contribution in [2.75, 3.05) is 38.5 Å². The summed E-state index contributed by atoms with van der Waals surface area (Å²) >= 11 is 5.93. The van der Waals surface area contributed by atoms with Crippen LogP contribution >= 0.6 is 11.6 Å². The van der Waals surface area contributed by atoms with Gasteiger partial charge in [-0.3, -0.25) is 14.5 Å². The number of carboxylic acid groups (broad SMARTS) is 1. The van der Waals surface area contributed by atoms with Gasteiger partial charge in [-0.05, 0) is 18.2 Å². The van der Waals surface area contributed by atoms with E-state index in [0.29, 0.717) is 49.0 Å². The molecular weight excluding hydrogens is 294 g/mol. The lowest BCUT2D eigenvalue weighted by atomic mass is 10.1. The molecule has 21 heavy (non-hydrogen) atoms. The van der Waals surface area contributed by atoms with Gasteiger partial charge in [0.2, 0.25) is 0 Å². The quantitative estimate of drug-likeness (QED) is 0.815. The number of rotatable bonds is 4. The number of nitrogens with zero attached hydrogens (tertiary/aromatic N) is 2. The van der Waals surface area contributed by atoms with Crippen LogP contribution in [0.2, 0.25) is 5.02 Å². The predicted molar refractivity (Wildman–Crippen MR) is 80.5 cm³/mol. The smallest absolute Gasteiger partial charge is 0.304 e. The van der Waals surface area contributed by atoms with Gasteiger partial charge in [-0.1, -0.05) is 11.6 Å². The minimum atomic E-state index is -0.801. The summed E-state index contributed by atoms with van der Waals surface area (Å²) in [5.41, 5.74) is 6.60. The van der Waals surface area contributed by atoms with Crippen molar-refractivity contribution in [3.8, 4) is 0 Å². The standard InChI is InChI=1S/C14H18ClN3O3/c15-11-9-10(1-2-12(11)16)14(21)18-7-5-17(6-8-18)4-3-13(19)20/h1-2,9H,3-8,16H2,(H,19,20). The Kier molecular flexibility index (Phi) is 5.03. The molecule has 1 saturated heterocycles. The van der Waals surface area contributed by atoms with Gasteiger partial charge in [0.05, 0.1) is 17.1 Å². The minimum absolute atomic E-state index is 0.0743. The van der Waals surface area contributed by atoms with Gasteiger partial charge in [0, 0.05) is 38.3 Å². The average Bonchev–Trinajstić information content (AvgIpc) is 2.48. The molecule has 0 aromatic heterocycles. The van der Waals surface area contributed by atoms with E-state index in [1.165, 1.54) is 0 Å². The third kappa shape index (κ3) is 4.09. The second-order valence-electron chi connectivity index (χ2n) is 5.01. The molecule has 2 rings (SSSR count). The fourth-order valence-electron chi connectivity index (χ4n) is 2.27. The van der Waals surface area contributed by atoms with E-state index in [1.54, 1.807) is 23.1 Å². The highest BCUT2D eigenvalue weighted by molar-refractivity contribution is 6.33. The van der Waals surface area contributed by atoms with Crippen molar-refractivity contribution in [2.24, 2.45) is 0 Å². The predicted octanol–water partition coefficient (Wildman–Crippen LogP) is 1.15. The summed E-state index contributed by atoms with van der Waals surface area (Å²) in [5.74, 6) is -0.875. The molecule has 1 aromatic rings. The molecule has 1 heterocycles. The Hall–Kier alpha value is -1.79. The normalized spacial score (nSPS) is 16.0. The van der Waals surface area contributed by atoms with E-state index >= 15 is 0 Å². The van der Waals surface area contributed by atoms with Gasteiger partial charge in [-0.25, -0.2) is 0 Å². The number of carboxylic acids is 1.